The van der Waals surface area contributed by atoms with Gasteiger partial charge in [-0.15, -0.1) is 0 Å². The quantitative estimate of drug-likeness (QED) is 0.157. The molecular formula is C56H39N7. The number of nitrogens with one attached hydrogen (secondary N) is 1. The first kappa shape index (κ1) is 38.6. The topological polar surface area (TPSA) is 99.2 Å². The lowest BCUT2D eigenvalue weighted by molar-refractivity contribution is 0.455. The summed E-state index contributed by atoms with van der Waals surface area (Å²) in [5.74, 6) is 3.14. The molecule has 1 atom stereocenters. The minimum atomic E-state index is -0.862. The van der Waals surface area contributed by atoms with E-state index in [1.165, 1.54) is 0 Å². The van der Waals surface area contributed by atoms with Gasteiger partial charge in [0.15, 0.2) is 29.0 Å². The molecule has 1 aliphatic rings. The van der Waals surface area contributed by atoms with E-state index in [1.807, 2.05) is 152 Å². The van der Waals surface area contributed by atoms with Gasteiger partial charge in [0.25, 0.3) is 0 Å². The van der Waals surface area contributed by atoms with Crippen molar-refractivity contribution in [1.82, 2.24) is 20.3 Å². The predicted octanol–water partition coefficient (Wildman–Crippen LogP) is 12.4. The monoisotopic (exact) mass is 809 g/mol. The summed E-state index contributed by atoms with van der Waals surface area (Å²) in [6.07, 6.45) is 0. The molecule has 1 N–H and O–H groups in total. The zero-order valence-electron chi connectivity index (χ0n) is 34.4. The maximum Gasteiger partial charge on any atom is 0.164 e. The van der Waals surface area contributed by atoms with Gasteiger partial charge in [-0.1, -0.05) is 194 Å². The minimum absolute atomic E-state index is 0.562. The Morgan fingerprint density at radius 2 is 0.889 bits per heavy atom. The second-order valence-corrected chi connectivity index (χ2v) is 15.4. The van der Waals surface area contributed by atoms with Gasteiger partial charge in [0.1, 0.15) is 5.84 Å². The maximum atomic E-state index is 10.3. The maximum absolute atomic E-state index is 10.3. The molecule has 8 aromatic carbocycles. The fourth-order valence-corrected chi connectivity index (χ4v) is 8.09. The van der Waals surface area contributed by atoms with E-state index in [2.05, 4.69) is 79.0 Å². The van der Waals surface area contributed by atoms with E-state index in [0.29, 0.717) is 28.9 Å². The Balaban J connectivity index is 1.10. The molecule has 63 heavy (non-hydrogen) atoms. The molecule has 10 rings (SSSR count). The van der Waals surface area contributed by atoms with Crippen LogP contribution < -0.4 is 5.32 Å². The molecule has 0 saturated heterocycles. The van der Waals surface area contributed by atoms with E-state index in [4.69, 9.17) is 24.9 Å². The normalized spacial score (nSPS) is 14.5. The molecular weight excluding hydrogens is 771 g/mol. The molecule has 0 fully saturated rings. The number of rotatable bonds is 9. The first-order chi connectivity index (χ1) is 31.0. The average Bonchev–Trinajstić information content (AvgIpc) is 3.37. The van der Waals surface area contributed by atoms with Crippen molar-refractivity contribution in [2.75, 3.05) is 0 Å². The molecule has 9 aromatic rings. The van der Waals surface area contributed by atoms with Gasteiger partial charge in [0.05, 0.1) is 11.6 Å². The highest BCUT2D eigenvalue weighted by Gasteiger charge is 2.32. The number of aliphatic imine (C=N–C) groups is 2. The second-order valence-electron chi connectivity index (χ2n) is 15.4. The van der Waals surface area contributed by atoms with Crippen LogP contribution in [0.1, 0.15) is 29.2 Å². The van der Waals surface area contributed by atoms with Gasteiger partial charge in [-0.3, -0.25) is 0 Å². The molecule has 1 aliphatic heterocycles. The fourth-order valence-electron chi connectivity index (χ4n) is 8.09. The third-order valence-corrected chi connectivity index (χ3v) is 11.2. The molecule has 0 aliphatic carbocycles. The van der Waals surface area contributed by atoms with Crippen molar-refractivity contribution in [3.63, 3.8) is 0 Å². The van der Waals surface area contributed by atoms with E-state index in [-0.39, 0.29) is 0 Å². The van der Waals surface area contributed by atoms with Crippen molar-refractivity contribution in [2.24, 2.45) is 9.98 Å². The smallest absolute Gasteiger partial charge is 0.164 e. The average molecular weight is 810 g/mol. The SMILES string of the molecule is CC1(c2cccc(-c3ccc(C#N)cc3-c3ccccc3-c3ccccc3-c3nc(-c4ccccc4)nc(-c4ccccc4)n3)c2)N=C(c2ccccc2)N=C(c2ccccc2)N1. The number of nitrogens with zero attached hydrogens (tertiary/aromatic N) is 6. The highest BCUT2D eigenvalue weighted by Crippen LogP contribution is 2.42. The Bertz CT molecular complexity index is 3150. The summed E-state index contributed by atoms with van der Waals surface area (Å²) in [5.41, 5.74) is 11.0. The Kier molecular flexibility index (Phi) is 10.3. The third-order valence-electron chi connectivity index (χ3n) is 11.2. The molecule has 0 saturated carbocycles. The predicted molar refractivity (Wildman–Crippen MR) is 254 cm³/mol. The summed E-state index contributed by atoms with van der Waals surface area (Å²) in [6, 6.07) is 73.6. The van der Waals surface area contributed by atoms with Gasteiger partial charge >= 0.3 is 0 Å². The summed E-state index contributed by atoms with van der Waals surface area (Å²) in [6.45, 7) is 2.09. The largest absolute Gasteiger partial charge is 0.342 e. The van der Waals surface area contributed by atoms with Crippen molar-refractivity contribution in [3.8, 4) is 73.6 Å². The van der Waals surface area contributed by atoms with Gasteiger partial charge in [-0.05, 0) is 64.1 Å². The van der Waals surface area contributed by atoms with E-state index in [1.54, 1.807) is 0 Å². The summed E-state index contributed by atoms with van der Waals surface area (Å²) >= 11 is 0. The molecule has 298 valence electrons. The first-order valence-corrected chi connectivity index (χ1v) is 20.8. The molecule has 2 heterocycles. The van der Waals surface area contributed by atoms with Crippen LogP contribution in [0.2, 0.25) is 0 Å². The summed E-state index contributed by atoms with van der Waals surface area (Å²) in [5, 5.41) is 14.0. The standard InChI is InChI=1S/C56H39N7/c1-56(62-53(41-23-10-4-11-24-41)61-54(63-56)42-25-12-5-13-26-42)44-28-18-27-43(36-44)45-34-33-38(37-57)35-50(45)48-31-15-14-29-46(48)47-30-16-17-32-49(47)55-59-51(39-19-6-2-7-20-39)58-52(60-55)40-21-8-3-9-22-40/h2-36H,1H3,(H,61,62,63). The molecule has 0 spiro atoms. The number of amidine groups is 2. The summed E-state index contributed by atoms with van der Waals surface area (Å²) < 4.78 is 0. The van der Waals surface area contributed by atoms with Crippen LogP contribution in [-0.2, 0) is 5.66 Å². The lowest BCUT2D eigenvalue weighted by Gasteiger charge is -2.33. The van der Waals surface area contributed by atoms with Crippen molar-refractivity contribution < 1.29 is 0 Å². The molecule has 1 unspecified atom stereocenters. The van der Waals surface area contributed by atoms with Crippen LogP contribution >= 0.6 is 0 Å². The van der Waals surface area contributed by atoms with Gasteiger partial charge in [-0.25, -0.2) is 24.9 Å². The van der Waals surface area contributed by atoms with Gasteiger partial charge in [-0.2, -0.15) is 5.26 Å². The molecule has 0 radical (unpaired) electrons. The number of hydrogen-bond acceptors (Lipinski definition) is 7. The van der Waals surface area contributed by atoms with Crippen molar-refractivity contribution >= 4 is 11.7 Å². The van der Waals surface area contributed by atoms with Crippen LogP contribution in [-0.4, -0.2) is 26.6 Å². The lowest BCUT2D eigenvalue weighted by Crippen LogP contribution is -2.46. The Labute approximate surface area is 366 Å². The first-order valence-electron chi connectivity index (χ1n) is 20.8. The van der Waals surface area contributed by atoms with Crippen LogP contribution in [0.25, 0.3) is 67.5 Å². The van der Waals surface area contributed by atoms with Crippen LogP contribution in [0.3, 0.4) is 0 Å². The zero-order valence-corrected chi connectivity index (χ0v) is 34.4. The number of aromatic nitrogens is 3. The number of nitriles is 1. The van der Waals surface area contributed by atoms with Gasteiger partial charge in [0, 0.05) is 27.8 Å². The van der Waals surface area contributed by atoms with Crippen LogP contribution in [0.15, 0.2) is 222 Å². The van der Waals surface area contributed by atoms with Crippen molar-refractivity contribution in [1.29, 1.82) is 5.26 Å². The van der Waals surface area contributed by atoms with E-state index >= 15 is 0 Å². The van der Waals surface area contributed by atoms with E-state index < -0.39 is 5.66 Å². The molecule has 0 amide bonds. The van der Waals surface area contributed by atoms with Gasteiger partial charge in [0.2, 0.25) is 0 Å². The van der Waals surface area contributed by atoms with E-state index in [9.17, 15) is 5.26 Å². The molecule has 7 nitrogen and oxygen atoms in total. The third kappa shape index (κ3) is 7.81. The zero-order chi connectivity index (χ0) is 42.6. The lowest BCUT2D eigenvalue weighted by atomic mass is 9.86. The highest BCUT2D eigenvalue weighted by molar-refractivity contribution is 6.13. The van der Waals surface area contributed by atoms with Crippen LogP contribution in [0.4, 0.5) is 0 Å². The van der Waals surface area contributed by atoms with Crippen LogP contribution in [0, 0.1) is 11.3 Å². The Morgan fingerprint density at radius 3 is 1.48 bits per heavy atom. The molecule has 0 bridgehead atoms. The fraction of sp³-hybridized carbons (Fsp3) is 0.0357. The Hall–Kier alpha value is -8.60. The van der Waals surface area contributed by atoms with Crippen molar-refractivity contribution in [2.45, 2.75) is 12.6 Å². The number of hydrogen-bond donors (Lipinski definition) is 1. The molecule has 1 aromatic heterocycles. The van der Waals surface area contributed by atoms with Crippen molar-refractivity contribution in [3.05, 3.63) is 235 Å². The van der Waals surface area contributed by atoms with E-state index in [0.717, 1.165) is 72.6 Å². The Morgan fingerprint density at radius 1 is 0.413 bits per heavy atom. The summed E-state index contributed by atoms with van der Waals surface area (Å²) in [7, 11) is 0. The highest BCUT2D eigenvalue weighted by atomic mass is 15.2. The minimum Gasteiger partial charge on any atom is -0.342 e. The second kappa shape index (κ2) is 16.8. The molecule has 7 heteroatoms. The van der Waals surface area contributed by atoms with Gasteiger partial charge < -0.3 is 5.32 Å². The summed E-state index contributed by atoms with van der Waals surface area (Å²) in [4.78, 5) is 25.4. The number of benzene rings is 8. The van der Waals surface area contributed by atoms with Crippen LogP contribution in [0.5, 0.6) is 0 Å².